The molecule has 0 amide bonds. The van der Waals surface area contributed by atoms with Crippen molar-refractivity contribution in [1.82, 2.24) is 4.90 Å². The van der Waals surface area contributed by atoms with Gasteiger partial charge >= 0.3 is 0 Å². The molecule has 0 radical (unpaired) electrons. The van der Waals surface area contributed by atoms with Crippen molar-refractivity contribution >= 4 is 11.6 Å². The molecule has 1 heterocycles. The van der Waals surface area contributed by atoms with Crippen LogP contribution in [-0.4, -0.2) is 38.3 Å². The first-order chi connectivity index (χ1) is 13.2. The van der Waals surface area contributed by atoms with Crippen LogP contribution in [0.25, 0.3) is 0 Å². The van der Waals surface area contributed by atoms with Crippen molar-refractivity contribution in [3.05, 3.63) is 70.7 Å². The zero-order valence-corrected chi connectivity index (χ0v) is 17.0. The maximum atomic E-state index is 6.11. The van der Waals surface area contributed by atoms with Crippen molar-refractivity contribution in [3.8, 4) is 0 Å². The van der Waals surface area contributed by atoms with Gasteiger partial charge in [0, 0.05) is 29.5 Å². The molecule has 2 nitrogen and oxygen atoms in total. The topological polar surface area (TPSA) is 12.5 Å². The van der Waals surface area contributed by atoms with Crippen molar-refractivity contribution in [2.24, 2.45) is 0 Å². The molecule has 2 fully saturated rings. The van der Waals surface area contributed by atoms with Crippen LogP contribution in [0.15, 0.2) is 54.6 Å². The summed E-state index contributed by atoms with van der Waals surface area (Å²) in [4.78, 5) is 2.69. The van der Waals surface area contributed by atoms with Crippen LogP contribution in [0.1, 0.15) is 43.2 Å². The molecule has 2 aliphatic rings. The first kappa shape index (κ1) is 19.0. The van der Waals surface area contributed by atoms with E-state index in [1.165, 1.54) is 49.8 Å². The number of hydrogen-bond acceptors (Lipinski definition) is 2. The highest BCUT2D eigenvalue weighted by atomic mass is 35.5. The fraction of sp³-hybridized carbons (Fsp3) is 0.500. The molecule has 0 spiro atoms. The Morgan fingerprint density at radius 2 is 1.48 bits per heavy atom. The van der Waals surface area contributed by atoms with E-state index in [2.05, 4.69) is 47.4 Å². The van der Waals surface area contributed by atoms with Gasteiger partial charge in [-0.2, -0.15) is 0 Å². The summed E-state index contributed by atoms with van der Waals surface area (Å²) in [6.07, 6.45) is 6.28. The predicted molar refractivity (Wildman–Crippen MR) is 113 cm³/mol. The third-order valence-corrected chi connectivity index (χ3v) is 7.17. The van der Waals surface area contributed by atoms with E-state index in [0.717, 1.165) is 24.7 Å². The van der Waals surface area contributed by atoms with Gasteiger partial charge in [0.2, 0.25) is 0 Å². The van der Waals surface area contributed by atoms with Crippen molar-refractivity contribution < 1.29 is 4.74 Å². The van der Waals surface area contributed by atoms with Gasteiger partial charge < -0.3 is 9.64 Å². The Labute approximate surface area is 168 Å². The number of likely N-dealkylation sites (tertiary alicyclic amines) is 1. The van der Waals surface area contributed by atoms with E-state index in [9.17, 15) is 0 Å². The highest BCUT2D eigenvalue weighted by Gasteiger charge is 2.42. The minimum absolute atomic E-state index is 0.166. The van der Waals surface area contributed by atoms with Crippen LogP contribution in [0.2, 0.25) is 5.02 Å². The van der Waals surface area contributed by atoms with Gasteiger partial charge in [0.15, 0.2) is 0 Å². The number of halogens is 1. The highest BCUT2D eigenvalue weighted by Crippen LogP contribution is 2.46. The van der Waals surface area contributed by atoms with E-state index < -0.39 is 0 Å². The van der Waals surface area contributed by atoms with E-state index >= 15 is 0 Å². The van der Waals surface area contributed by atoms with Crippen LogP contribution in [0.4, 0.5) is 0 Å². The van der Waals surface area contributed by atoms with Gasteiger partial charge in [-0.1, -0.05) is 60.5 Å². The van der Waals surface area contributed by atoms with Crippen LogP contribution in [0, 0.1) is 0 Å². The summed E-state index contributed by atoms with van der Waals surface area (Å²) >= 11 is 6.11. The van der Waals surface area contributed by atoms with Crippen LogP contribution >= 0.6 is 11.6 Å². The van der Waals surface area contributed by atoms with Crippen molar-refractivity contribution in [2.45, 2.75) is 42.9 Å². The molecule has 4 rings (SSSR count). The number of nitrogens with zero attached hydrogens (tertiary/aromatic N) is 1. The minimum Gasteiger partial charge on any atom is -0.384 e. The van der Waals surface area contributed by atoms with Crippen molar-refractivity contribution in [3.63, 3.8) is 0 Å². The molecule has 1 aliphatic heterocycles. The minimum atomic E-state index is 0.166. The average Bonchev–Trinajstić information content (AvgIpc) is 2.68. The standard InChI is InChI=1S/C24H30ClNO/c1-27-19-24(20-6-3-2-4-7-20)14-16-26(17-15-24)18-23(12-5-13-23)21-8-10-22(25)11-9-21/h2-4,6-11H,5,12-19H2,1H3. The van der Waals surface area contributed by atoms with E-state index in [0.29, 0.717) is 5.41 Å². The number of rotatable bonds is 6. The Morgan fingerprint density at radius 3 is 2.04 bits per heavy atom. The zero-order chi connectivity index (χ0) is 18.7. The third-order valence-electron chi connectivity index (χ3n) is 6.91. The summed E-state index contributed by atoms with van der Waals surface area (Å²) in [5, 5.41) is 0.832. The Kier molecular flexibility index (Phi) is 5.59. The summed E-state index contributed by atoms with van der Waals surface area (Å²) in [5.41, 5.74) is 3.40. The maximum Gasteiger partial charge on any atom is 0.0560 e. The van der Waals surface area contributed by atoms with E-state index in [1.807, 2.05) is 19.2 Å². The molecular weight excluding hydrogens is 354 g/mol. The van der Waals surface area contributed by atoms with Gasteiger partial charge in [0.05, 0.1) is 6.61 Å². The van der Waals surface area contributed by atoms with Crippen LogP contribution in [0.5, 0.6) is 0 Å². The molecule has 2 aromatic rings. The first-order valence-electron chi connectivity index (χ1n) is 10.2. The van der Waals surface area contributed by atoms with E-state index in [-0.39, 0.29) is 5.41 Å². The number of methoxy groups -OCH3 is 1. The SMILES string of the molecule is COCC1(c2ccccc2)CCN(CC2(c3ccc(Cl)cc3)CCC2)CC1. The number of hydrogen-bond donors (Lipinski definition) is 0. The lowest BCUT2D eigenvalue weighted by molar-refractivity contribution is 0.0523. The molecular formula is C24H30ClNO. The molecule has 1 saturated heterocycles. The van der Waals surface area contributed by atoms with Gasteiger partial charge in [0.1, 0.15) is 0 Å². The summed E-state index contributed by atoms with van der Waals surface area (Å²) < 4.78 is 5.66. The monoisotopic (exact) mass is 383 g/mol. The van der Waals surface area contributed by atoms with Crippen molar-refractivity contribution in [1.29, 1.82) is 0 Å². The molecule has 0 bridgehead atoms. The first-order valence-corrected chi connectivity index (χ1v) is 10.6. The second-order valence-corrected chi connectivity index (χ2v) is 8.93. The normalized spacial score (nSPS) is 21.6. The smallest absolute Gasteiger partial charge is 0.0560 e. The maximum absolute atomic E-state index is 6.11. The quantitative estimate of drug-likeness (QED) is 0.658. The molecule has 2 aromatic carbocycles. The molecule has 0 aromatic heterocycles. The second-order valence-electron chi connectivity index (χ2n) is 8.50. The Bertz CT molecular complexity index is 731. The molecule has 27 heavy (non-hydrogen) atoms. The Balaban J connectivity index is 1.46. The zero-order valence-electron chi connectivity index (χ0n) is 16.3. The van der Waals surface area contributed by atoms with Gasteiger partial charge in [-0.05, 0) is 62.0 Å². The van der Waals surface area contributed by atoms with Gasteiger partial charge in [0.25, 0.3) is 0 Å². The fourth-order valence-electron chi connectivity index (χ4n) is 5.10. The Hall–Kier alpha value is -1.35. The molecule has 1 aliphatic carbocycles. The molecule has 0 N–H and O–H groups in total. The van der Waals surface area contributed by atoms with E-state index in [4.69, 9.17) is 16.3 Å². The molecule has 1 saturated carbocycles. The number of benzene rings is 2. The summed E-state index contributed by atoms with van der Waals surface area (Å²) in [6.45, 7) is 4.28. The highest BCUT2D eigenvalue weighted by molar-refractivity contribution is 6.30. The predicted octanol–water partition coefficient (Wildman–Crippen LogP) is 5.44. The number of ether oxygens (including phenoxy) is 1. The lowest BCUT2D eigenvalue weighted by Crippen LogP contribution is -2.51. The summed E-state index contributed by atoms with van der Waals surface area (Å²) in [7, 11) is 1.83. The van der Waals surface area contributed by atoms with Gasteiger partial charge in [-0.3, -0.25) is 0 Å². The van der Waals surface area contributed by atoms with Crippen molar-refractivity contribution in [2.75, 3.05) is 33.4 Å². The van der Waals surface area contributed by atoms with Gasteiger partial charge in [-0.25, -0.2) is 0 Å². The fourth-order valence-corrected chi connectivity index (χ4v) is 5.22. The average molecular weight is 384 g/mol. The Morgan fingerprint density at radius 1 is 0.852 bits per heavy atom. The number of piperidine rings is 1. The molecule has 0 atom stereocenters. The molecule has 0 unspecified atom stereocenters. The van der Waals surface area contributed by atoms with E-state index in [1.54, 1.807) is 0 Å². The van der Waals surface area contributed by atoms with Crippen LogP contribution < -0.4 is 0 Å². The lowest BCUT2D eigenvalue weighted by atomic mass is 9.63. The second kappa shape index (κ2) is 7.95. The summed E-state index contributed by atoms with van der Waals surface area (Å²) in [5.74, 6) is 0. The van der Waals surface area contributed by atoms with Crippen LogP contribution in [-0.2, 0) is 15.6 Å². The summed E-state index contributed by atoms with van der Waals surface area (Å²) in [6, 6.07) is 19.5. The largest absolute Gasteiger partial charge is 0.384 e. The van der Waals surface area contributed by atoms with Crippen LogP contribution in [0.3, 0.4) is 0 Å². The third kappa shape index (κ3) is 3.81. The molecule has 144 valence electrons. The molecule has 3 heteroatoms. The lowest BCUT2D eigenvalue weighted by Gasteiger charge is -2.49. The van der Waals surface area contributed by atoms with Gasteiger partial charge in [-0.15, -0.1) is 0 Å².